The van der Waals surface area contributed by atoms with Crippen LogP contribution in [0.3, 0.4) is 0 Å². The summed E-state index contributed by atoms with van der Waals surface area (Å²) in [6.07, 6.45) is 12.2. The number of fused-ring (bicyclic) bond motifs is 2. The van der Waals surface area contributed by atoms with Crippen LogP contribution >= 0.6 is 11.3 Å². The van der Waals surface area contributed by atoms with E-state index in [-0.39, 0.29) is 18.2 Å². The van der Waals surface area contributed by atoms with Gasteiger partial charge in [0.2, 0.25) is 0 Å². The number of carbonyl (C=O) groups excluding carboxylic acids is 2. The lowest BCUT2D eigenvalue weighted by atomic mass is 9.86. The quantitative estimate of drug-likeness (QED) is 0.259. The third kappa shape index (κ3) is 5.98. The highest BCUT2D eigenvalue weighted by Crippen LogP contribution is 2.40. The molecule has 3 aromatic heterocycles. The Morgan fingerprint density at radius 3 is 2.65 bits per heavy atom. The minimum absolute atomic E-state index is 0.203. The molecule has 3 aliphatic rings. The van der Waals surface area contributed by atoms with Gasteiger partial charge in [0.15, 0.2) is 6.23 Å². The van der Waals surface area contributed by atoms with E-state index >= 15 is 0 Å². The minimum Gasteiger partial charge on any atom is -0.383 e. The van der Waals surface area contributed by atoms with Gasteiger partial charge in [-0.3, -0.25) is 9.59 Å². The molecule has 1 aromatic carbocycles. The molecule has 2 saturated heterocycles. The van der Waals surface area contributed by atoms with Crippen molar-refractivity contribution >= 4 is 55.8 Å². The maximum Gasteiger partial charge on any atom is 0.314 e. The van der Waals surface area contributed by atoms with E-state index in [1.807, 2.05) is 0 Å². The monoisotopic (exact) mass is 644 g/mol. The molecule has 1 saturated carbocycles. The molecule has 2 aliphatic heterocycles. The molecule has 3 atom stereocenters. The summed E-state index contributed by atoms with van der Waals surface area (Å²) in [5.74, 6) is -0.152. The summed E-state index contributed by atoms with van der Waals surface area (Å²) in [5, 5.41) is 9.23. The van der Waals surface area contributed by atoms with E-state index in [0.29, 0.717) is 47.5 Å². The van der Waals surface area contributed by atoms with Crippen molar-refractivity contribution < 1.29 is 14.3 Å². The molecule has 12 heteroatoms. The lowest BCUT2D eigenvalue weighted by Crippen LogP contribution is -2.46. The molecule has 1 unspecified atom stereocenters. The Kier molecular flexibility index (Phi) is 8.69. The Morgan fingerprint density at radius 1 is 1.07 bits per heavy atom. The largest absolute Gasteiger partial charge is 0.383 e. The second-order valence-electron chi connectivity index (χ2n) is 13.6. The molecule has 1 aliphatic carbocycles. The zero-order valence-electron chi connectivity index (χ0n) is 26.9. The van der Waals surface area contributed by atoms with Crippen molar-refractivity contribution in [2.75, 3.05) is 38.3 Å². The van der Waals surface area contributed by atoms with Crippen LogP contribution in [0.1, 0.15) is 93.5 Å². The maximum atomic E-state index is 13.9. The van der Waals surface area contributed by atoms with Gasteiger partial charge < -0.3 is 25.6 Å². The number of nitrogens with zero attached hydrogens (tertiary/aromatic N) is 6. The normalized spacial score (nSPS) is 25.7. The molecule has 3 N–H and O–H groups in total. The van der Waals surface area contributed by atoms with Gasteiger partial charge in [-0.2, -0.15) is 5.10 Å². The molecule has 4 aromatic rings. The Bertz CT molecular complexity index is 1740. The van der Waals surface area contributed by atoms with Crippen molar-refractivity contribution in [1.29, 1.82) is 0 Å². The predicted molar refractivity (Wildman–Crippen MR) is 181 cm³/mol. The first-order chi connectivity index (χ1) is 22.3. The Hall–Kier alpha value is -3.61. The van der Waals surface area contributed by atoms with Gasteiger partial charge in [-0.05, 0) is 95.5 Å². The standard InChI is InChI=1S/C34H44N8O3S/c1-20-7-13-27(22-10-14-28-25(16-22)39-33(46-28)21-8-11-23(12-9-21)40(2)3)41(19-20)34(44)32(43)38-26-18-36-31(35)24-17-37-42(30(24)26)29-6-4-5-15-45-29/h10,14,16-18,20-21,23,27,29H,4-9,11-13,15,19H2,1-3H3,(H2,35,36)(H,38,43)/t20-,21?,23?,27+,29?/m0/s1. The number of anilines is 2. The van der Waals surface area contributed by atoms with Crippen LogP contribution in [0.4, 0.5) is 11.5 Å². The third-order valence-electron chi connectivity index (χ3n) is 10.2. The molecule has 244 valence electrons. The number of amides is 2. The summed E-state index contributed by atoms with van der Waals surface area (Å²) in [7, 11) is 4.34. The van der Waals surface area contributed by atoms with Gasteiger partial charge in [0.25, 0.3) is 0 Å². The van der Waals surface area contributed by atoms with Crippen molar-refractivity contribution in [1.82, 2.24) is 29.5 Å². The van der Waals surface area contributed by atoms with Gasteiger partial charge in [-0.25, -0.2) is 14.6 Å². The number of likely N-dealkylation sites (tertiary alicyclic amines) is 1. The number of thiazole rings is 1. The summed E-state index contributed by atoms with van der Waals surface area (Å²) in [4.78, 5) is 41.0. The summed E-state index contributed by atoms with van der Waals surface area (Å²) in [6.45, 7) is 3.29. The smallest absolute Gasteiger partial charge is 0.314 e. The van der Waals surface area contributed by atoms with Crippen molar-refractivity contribution in [3.63, 3.8) is 0 Å². The number of carbonyl (C=O) groups is 2. The first-order valence-corrected chi connectivity index (χ1v) is 17.5. The van der Waals surface area contributed by atoms with Gasteiger partial charge in [-0.1, -0.05) is 13.0 Å². The average molecular weight is 645 g/mol. The first kappa shape index (κ1) is 31.0. The first-order valence-electron chi connectivity index (χ1n) is 16.7. The molecule has 5 heterocycles. The molecule has 46 heavy (non-hydrogen) atoms. The zero-order chi connectivity index (χ0) is 31.9. The molecule has 3 fully saturated rings. The second kappa shape index (κ2) is 12.9. The number of aromatic nitrogens is 4. The van der Waals surface area contributed by atoms with Crippen LogP contribution in [-0.4, -0.2) is 74.7 Å². The summed E-state index contributed by atoms with van der Waals surface area (Å²) in [6, 6.07) is 6.84. The van der Waals surface area contributed by atoms with E-state index in [2.05, 4.69) is 59.5 Å². The predicted octanol–water partition coefficient (Wildman–Crippen LogP) is 5.85. The molecular weight excluding hydrogens is 600 g/mol. The van der Waals surface area contributed by atoms with E-state index < -0.39 is 11.8 Å². The van der Waals surface area contributed by atoms with E-state index in [1.54, 1.807) is 27.1 Å². The molecule has 0 bridgehead atoms. The van der Waals surface area contributed by atoms with Crippen molar-refractivity contribution in [3.8, 4) is 0 Å². The van der Waals surface area contributed by atoms with Gasteiger partial charge in [0.05, 0.1) is 44.7 Å². The fourth-order valence-corrected chi connectivity index (χ4v) is 8.64. The number of ether oxygens (including phenoxy) is 1. The Labute approximate surface area is 273 Å². The van der Waals surface area contributed by atoms with Crippen LogP contribution in [0.2, 0.25) is 0 Å². The molecule has 0 spiro atoms. The van der Waals surface area contributed by atoms with Crippen LogP contribution < -0.4 is 11.1 Å². The van der Waals surface area contributed by atoms with Crippen LogP contribution in [0, 0.1) is 5.92 Å². The number of hydrogen-bond donors (Lipinski definition) is 2. The van der Waals surface area contributed by atoms with E-state index in [1.165, 1.54) is 28.7 Å². The number of nitrogens with one attached hydrogen (secondary N) is 1. The van der Waals surface area contributed by atoms with Crippen molar-refractivity contribution in [2.24, 2.45) is 5.92 Å². The molecule has 0 radical (unpaired) electrons. The topological polar surface area (TPSA) is 132 Å². The number of hydrogen-bond acceptors (Lipinski definition) is 9. The van der Waals surface area contributed by atoms with Crippen LogP contribution in [0.5, 0.6) is 0 Å². The van der Waals surface area contributed by atoms with E-state index in [4.69, 9.17) is 15.5 Å². The van der Waals surface area contributed by atoms with Gasteiger partial charge in [0.1, 0.15) is 11.3 Å². The molecule has 11 nitrogen and oxygen atoms in total. The van der Waals surface area contributed by atoms with Gasteiger partial charge in [-0.15, -0.1) is 11.3 Å². The van der Waals surface area contributed by atoms with E-state index in [0.717, 1.165) is 56.0 Å². The lowest BCUT2D eigenvalue weighted by molar-refractivity contribution is -0.146. The highest BCUT2D eigenvalue weighted by Gasteiger charge is 2.35. The fraction of sp³-hybridized carbons (Fsp3) is 0.559. The summed E-state index contributed by atoms with van der Waals surface area (Å²) < 4.78 is 8.90. The fourth-order valence-electron chi connectivity index (χ4n) is 7.52. The number of nitrogen functional groups attached to an aromatic ring is 1. The van der Waals surface area contributed by atoms with E-state index in [9.17, 15) is 9.59 Å². The Balaban J connectivity index is 1.12. The molecular formula is C34H44N8O3S. The van der Waals surface area contributed by atoms with Crippen molar-refractivity contribution in [3.05, 3.63) is 41.2 Å². The molecule has 7 rings (SSSR count). The maximum absolute atomic E-state index is 13.9. The molecule has 2 amide bonds. The number of rotatable bonds is 5. The van der Waals surface area contributed by atoms with Crippen LogP contribution in [-0.2, 0) is 14.3 Å². The van der Waals surface area contributed by atoms with Crippen LogP contribution in [0.15, 0.2) is 30.6 Å². The van der Waals surface area contributed by atoms with Crippen molar-refractivity contribution in [2.45, 2.75) is 88.9 Å². The zero-order valence-corrected chi connectivity index (χ0v) is 27.8. The summed E-state index contributed by atoms with van der Waals surface area (Å²) in [5.41, 5.74) is 9.19. The SMILES string of the molecule is C[C@H]1CC[C@H](c2ccc3sc(C4CCC(N(C)C)CC4)nc3c2)N(C(=O)C(=O)Nc2cnc(N)c3cnn(C4CCCCO4)c23)C1. The minimum atomic E-state index is -0.699. The highest BCUT2D eigenvalue weighted by atomic mass is 32.1. The van der Waals surface area contributed by atoms with Gasteiger partial charge in [0, 0.05) is 25.1 Å². The number of benzene rings is 1. The lowest BCUT2D eigenvalue weighted by Gasteiger charge is -2.38. The van der Waals surface area contributed by atoms with Gasteiger partial charge >= 0.3 is 11.8 Å². The summed E-state index contributed by atoms with van der Waals surface area (Å²) >= 11 is 1.80. The van der Waals surface area contributed by atoms with Crippen LogP contribution in [0.25, 0.3) is 21.1 Å². The number of piperidine rings is 1. The number of pyridine rings is 1. The highest BCUT2D eigenvalue weighted by molar-refractivity contribution is 7.18. The number of nitrogens with two attached hydrogens (primary N) is 1. The Morgan fingerprint density at radius 2 is 1.89 bits per heavy atom. The average Bonchev–Trinajstić information content (AvgIpc) is 3.72. The second-order valence-corrected chi connectivity index (χ2v) is 14.7. The third-order valence-corrected chi connectivity index (χ3v) is 11.4.